The number of halogens is 6. The van der Waals surface area contributed by atoms with Gasteiger partial charge in [0.15, 0.2) is 11.6 Å². The smallest absolute Gasteiger partial charge is 0.328 e. The van der Waals surface area contributed by atoms with E-state index in [4.69, 9.17) is 23.2 Å². The second-order valence-corrected chi connectivity index (χ2v) is 13.1. The van der Waals surface area contributed by atoms with E-state index in [9.17, 15) is 31.4 Å². The van der Waals surface area contributed by atoms with E-state index in [2.05, 4.69) is 54.6 Å². The van der Waals surface area contributed by atoms with Gasteiger partial charge in [0.1, 0.15) is 44.9 Å². The molecule has 2 aromatic carbocycles. The lowest BCUT2D eigenvalue weighted by Crippen LogP contribution is -2.43. The molecular weight excluding hydrogens is 751 g/mol. The first-order valence-corrected chi connectivity index (χ1v) is 18.1. The van der Waals surface area contributed by atoms with Crippen LogP contribution in [0.25, 0.3) is 0 Å². The van der Waals surface area contributed by atoms with Crippen LogP contribution in [-0.4, -0.2) is 73.5 Å². The van der Waals surface area contributed by atoms with Crippen molar-refractivity contribution in [3.05, 3.63) is 81.1 Å². The minimum Gasteiger partial charge on any atom is -0.354 e. The van der Waals surface area contributed by atoms with Crippen molar-refractivity contribution in [1.82, 2.24) is 35.5 Å². The summed E-state index contributed by atoms with van der Waals surface area (Å²) < 4.78 is 68.4. The molecule has 2 aliphatic rings. The molecule has 4 heterocycles. The Kier molecular flexibility index (Phi) is 12.5. The van der Waals surface area contributed by atoms with Crippen LogP contribution in [0, 0.1) is 23.3 Å². The van der Waals surface area contributed by atoms with Crippen molar-refractivity contribution in [2.24, 2.45) is 0 Å². The molecule has 0 bridgehead atoms. The number of rotatable bonds is 10. The summed E-state index contributed by atoms with van der Waals surface area (Å²) >= 11 is 12.3. The summed E-state index contributed by atoms with van der Waals surface area (Å²) in [4.78, 5) is 44.9. The molecule has 4 amide bonds. The summed E-state index contributed by atoms with van der Waals surface area (Å²) in [6, 6.07) is 5.13. The maximum Gasteiger partial charge on any atom is 0.328 e. The first-order chi connectivity index (χ1) is 24.9. The van der Waals surface area contributed by atoms with Crippen LogP contribution in [-0.2, 0) is 23.9 Å². The van der Waals surface area contributed by atoms with Gasteiger partial charge in [-0.25, -0.2) is 51.9 Å². The van der Waals surface area contributed by atoms with Gasteiger partial charge < -0.3 is 20.9 Å². The average molecular weight is 784 g/mol. The number of carbonyl (C=O) groups is 2. The Bertz CT molecular complexity index is 1990. The first-order valence-electron chi connectivity index (χ1n) is 15.8. The first kappa shape index (κ1) is 38.6. The zero-order chi connectivity index (χ0) is 37.7. The van der Waals surface area contributed by atoms with Gasteiger partial charge in [0.2, 0.25) is 11.1 Å². The molecule has 0 saturated carbocycles. The van der Waals surface area contributed by atoms with E-state index < -0.39 is 57.5 Å². The SMILES string of the molecule is CCN(CC)CCCNc1nc(Cl)c2c(n1)N(c1c(F)cccc1F)C(=O)NC2.CS(=O)c1nc(Cl)c2c(n1)N(c1c(F)cccc1F)C(=O)NC2. The van der Waals surface area contributed by atoms with E-state index >= 15 is 0 Å². The molecule has 4 aromatic rings. The summed E-state index contributed by atoms with van der Waals surface area (Å²) in [5.41, 5.74) is -0.424. The number of anilines is 5. The Labute approximate surface area is 308 Å². The van der Waals surface area contributed by atoms with Crippen molar-refractivity contribution in [2.75, 3.05) is 47.6 Å². The van der Waals surface area contributed by atoms with E-state index in [1.54, 1.807) is 0 Å². The summed E-state index contributed by atoms with van der Waals surface area (Å²) in [5.74, 6) is -3.48. The number of urea groups is 2. The van der Waals surface area contributed by atoms with Gasteiger partial charge in [0.25, 0.3) is 0 Å². The van der Waals surface area contributed by atoms with E-state index in [0.29, 0.717) is 12.1 Å². The molecule has 0 fully saturated rings. The molecule has 0 aliphatic carbocycles. The highest BCUT2D eigenvalue weighted by atomic mass is 35.5. The molecule has 20 heteroatoms. The summed E-state index contributed by atoms with van der Waals surface area (Å²) in [7, 11) is -1.58. The Hall–Kier alpha value is -4.65. The molecule has 13 nitrogen and oxygen atoms in total. The van der Waals surface area contributed by atoms with Gasteiger partial charge in [-0.1, -0.05) is 49.2 Å². The molecule has 2 aliphatic heterocycles. The van der Waals surface area contributed by atoms with Gasteiger partial charge in [-0.15, -0.1) is 0 Å². The molecule has 1 unspecified atom stereocenters. The number of nitrogens with zero attached hydrogens (tertiary/aromatic N) is 7. The number of aromatic nitrogens is 4. The van der Waals surface area contributed by atoms with E-state index in [-0.39, 0.29) is 51.7 Å². The molecule has 0 saturated heterocycles. The predicted octanol–water partition coefficient (Wildman–Crippen LogP) is 6.42. The minimum atomic E-state index is -1.58. The number of nitrogens with one attached hydrogen (secondary N) is 3. The fraction of sp³-hybridized carbons (Fsp3) is 0.312. The fourth-order valence-electron chi connectivity index (χ4n) is 5.30. The highest BCUT2D eigenvalue weighted by Gasteiger charge is 2.35. The fourth-order valence-corrected chi connectivity index (χ4v) is 6.24. The Morgan fingerprint density at radius 2 is 1.25 bits per heavy atom. The maximum absolute atomic E-state index is 14.3. The van der Waals surface area contributed by atoms with E-state index in [1.165, 1.54) is 18.4 Å². The van der Waals surface area contributed by atoms with Crippen molar-refractivity contribution in [2.45, 2.75) is 38.5 Å². The molecule has 276 valence electrons. The zero-order valence-electron chi connectivity index (χ0n) is 27.9. The number of para-hydroxylation sites is 2. The minimum absolute atomic E-state index is 0.00377. The van der Waals surface area contributed by atoms with E-state index in [1.807, 2.05) is 0 Å². The van der Waals surface area contributed by atoms with Crippen LogP contribution >= 0.6 is 23.2 Å². The van der Waals surface area contributed by atoms with Crippen LogP contribution in [0.5, 0.6) is 0 Å². The number of fused-ring (bicyclic) bond motifs is 2. The Morgan fingerprint density at radius 1 is 0.788 bits per heavy atom. The largest absolute Gasteiger partial charge is 0.354 e. The van der Waals surface area contributed by atoms with Crippen molar-refractivity contribution < 1.29 is 31.4 Å². The highest BCUT2D eigenvalue weighted by Crippen LogP contribution is 2.38. The van der Waals surface area contributed by atoms with Crippen molar-refractivity contribution in [1.29, 1.82) is 0 Å². The van der Waals surface area contributed by atoms with Gasteiger partial charge >= 0.3 is 12.1 Å². The van der Waals surface area contributed by atoms with Gasteiger partial charge in [-0.05, 0) is 50.3 Å². The van der Waals surface area contributed by atoms with Crippen LogP contribution in [0.15, 0.2) is 41.6 Å². The maximum atomic E-state index is 14.3. The normalized spacial score (nSPS) is 14.2. The van der Waals surface area contributed by atoms with Gasteiger partial charge in [-0.2, -0.15) is 4.98 Å². The molecule has 2 aromatic heterocycles. The van der Waals surface area contributed by atoms with Crippen molar-refractivity contribution in [3.8, 4) is 0 Å². The molecule has 1 atom stereocenters. The molecule has 3 N–H and O–H groups in total. The van der Waals surface area contributed by atoms with Crippen LogP contribution in [0.1, 0.15) is 31.4 Å². The van der Waals surface area contributed by atoms with Crippen molar-refractivity contribution >= 4 is 75.0 Å². The van der Waals surface area contributed by atoms with Crippen LogP contribution in [0.4, 0.5) is 56.1 Å². The second kappa shape index (κ2) is 16.8. The van der Waals surface area contributed by atoms with Crippen LogP contribution in [0.2, 0.25) is 10.3 Å². The third-order valence-corrected chi connectivity index (χ3v) is 9.24. The number of amides is 4. The molecule has 0 spiro atoms. The summed E-state index contributed by atoms with van der Waals surface area (Å²) in [6.45, 7) is 7.71. The molecular formula is C32H32Cl2F4N10O3S. The van der Waals surface area contributed by atoms with Crippen LogP contribution < -0.4 is 25.8 Å². The zero-order valence-corrected chi connectivity index (χ0v) is 30.3. The number of hydrogen-bond donors (Lipinski definition) is 3. The lowest BCUT2D eigenvalue weighted by atomic mass is 10.2. The molecule has 0 radical (unpaired) electrons. The van der Waals surface area contributed by atoms with Crippen LogP contribution in [0.3, 0.4) is 0 Å². The lowest BCUT2D eigenvalue weighted by molar-refractivity contribution is 0.245. The summed E-state index contributed by atoms with van der Waals surface area (Å²) in [5, 5.41) is 8.00. The second-order valence-electron chi connectivity index (χ2n) is 11.1. The number of hydrogen-bond acceptors (Lipinski definition) is 9. The Balaban J connectivity index is 0.000000206. The quantitative estimate of drug-likeness (QED) is 0.0718. The van der Waals surface area contributed by atoms with E-state index in [0.717, 1.165) is 60.1 Å². The molecule has 52 heavy (non-hydrogen) atoms. The highest BCUT2D eigenvalue weighted by molar-refractivity contribution is 7.84. The van der Waals surface area contributed by atoms with Gasteiger partial charge in [0.05, 0.1) is 35.0 Å². The number of carbonyl (C=O) groups excluding carboxylic acids is 2. The third-order valence-electron chi connectivity index (χ3n) is 7.92. The summed E-state index contributed by atoms with van der Waals surface area (Å²) in [6.07, 6.45) is 2.18. The van der Waals surface area contributed by atoms with Gasteiger partial charge in [0, 0.05) is 12.8 Å². The third kappa shape index (κ3) is 8.19. The predicted molar refractivity (Wildman–Crippen MR) is 189 cm³/mol. The van der Waals surface area contributed by atoms with Gasteiger partial charge in [-0.3, -0.25) is 4.21 Å². The Morgan fingerprint density at radius 3 is 1.71 bits per heavy atom. The monoisotopic (exact) mass is 782 g/mol. The lowest BCUT2D eigenvalue weighted by Gasteiger charge is -2.29. The number of benzene rings is 2. The topological polar surface area (TPSA) is 149 Å². The average Bonchev–Trinajstić information content (AvgIpc) is 3.10. The van der Waals surface area contributed by atoms with Crippen molar-refractivity contribution in [3.63, 3.8) is 0 Å². The standard InChI is InChI=1S/C19H23ClF2N6O.C13H9ClF2N4O2S/c1-3-27(4-2)10-6-9-23-18-25-16(20)12-11-24-19(29)28(17(12)26-18)15-13(21)7-5-8-14(15)22;1-23(22)12-18-10(14)6-5-17-13(21)20(11(6)19-12)9-7(15)3-2-4-8(9)16/h5,7-8H,3-4,6,9-11H2,1-2H3,(H,24,29)(H,23,25,26);2-4H,5H2,1H3,(H,17,21). The molecule has 6 rings (SSSR count).